The quantitative estimate of drug-likeness (QED) is 0.466. The number of ether oxygens (including phenoxy) is 4. The number of benzene rings is 2. The monoisotopic (exact) mass is 542 g/mol. The summed E-state index contributed by atoms with van der Waals surface area (Å²) in [7, 11) is 4.72. The zero-order chi connectivity index (χ0) is 27.8. The van der Waals surface area contributed by atoms with Crippen molar-refractivity contribution in [1.29, 1.82) is 0 Å². The molecule has 1 heterocycles. The van der Waals surface area contributed by atoms with Gasteiger partial charge in [0.15, 0.2) is 0 Å². The molecule has 1 saturated carbocycles. The SMILES string of the molecule is COCCCC[C@@]1(O)c2c(ccc(F)c2-c2cc(OC)cc(OC)c2)C12CN(C(=O)[C@@H]1CC[C@H](N)C1)CCO2. The second-order valence-corrected chi connectivity index (χ2v) is 11.0. The van der Waals surface area contributed by atoms with E-state index in [9.17, 15) is 9.90 Å². The molecule has 0 radical (unpaired) electrons. The first-order valence-corrected chi connectivity index (χ1v) is 13.7. The molecule has 39 heavy (non-hydrogen) atoms. The van der Waals surface area contributed by atoms with Gasteiger partial charge in [-0.25, -0.2) is 4.39 Å². The summed E-state index contributed by atoms with van der Waals surface area (Å²) in [6.07, 6.45) is 3.98. The largest absolute Gasteiger partial charge is 0.497 e. The number of rotatable bonds is 9. The van der Waals surface area contributed by atoms with Gasteiger partial charge >= 0.3 is 0 Å². The molecule has 0 bridgehead atoms. The minimum Gasteiger partial charge on any atom is -0.497 e. The summed E-state index contributed by atoms with van der Waals surface area (Å²) < 4.78 is 38.2. The van der Waals surface area contributed by atoms with Crippen LogP contribution in [0.2, 0.25) is 0 Å². The van der Waals surface area contributed by atoms with Gasteiger partial charge in [-0.1, -0.05) is 6.07 Å². The zero-order valence-corrected chi connectivity index (χ0v) is 23.0. The van der Waals surface area contributed by atoms with Crippen molar-refractivity contribution in [3.63, 3.8) is 0 Å². The van der Waals surface area contributed by atoms with Crippen molar-refractivity contribution < 1.29 is 33.2 Å². The van der Waals surface area contributed by atoms with Gasteiger partial charge in [-0.05, 0) is 67.9 Å². The zero-order valence-electron chi connectivity index (χ0n) is 23.0. The first kappa shape index (κ1) is 27.8. The van der Waals surface area contributed by atoms with Crippen LogP contribution in [0.15, 0.2) is 30.3 Å². The van der Waals surface area contributed by atoms with Crippen molar-refractivity contribution in [1.82, 2.24) is 4.90 Å². The van der Waals surface area contributed by atoms with Crippen LogP contribution in [0.5, 0.6) is 11.5 Å². The van der Waals surface area contributed by atoms with Crippen LogP contribution in [-0.4, -0.2) is 69.6 Å². The van der Waals surface area contributed by atoms with Gasteiger partial charge in [-0.15, -0.1) is 0 Å². The second kappa shape index (κ2) is 11.0. The molecular weight excluding hydrogens is 503 g/mol. The minimum atomic E-state index is -1.52. The van der Waals surface area contributed by atoms with E-state index in [1.807, 2.05) is 4.90 Å². The van der Waals surface area contributed by atoms with E-state index in [-0.39, 0.29) is 31.0 Å². The van der Waals surface area contributed by atoms with Crippen molar-refractivity contribution >= 4 is 5.91 Å². The fourth-order valence-electron chi connectivity index (χ4n) is 6.72. The molecule has 4 atom stereocenters. The Bertz CT molecular complexity index is 1200. The summed E-state index contributed by atoms with van der Waals surface area (Å²) >= 11 is 0. The Hall–Kier alpha value is -2.72. The molecule has 1 unspecified atom stereocenters. The third-order valence-electron chi connectivity index (χ3n) is 8.71. The van der Waals surface area contributed by atoms with Crippen molar-refractivity contribution in [2.24, 2.45) is 11.7 Å². The molecule has 8 nitrogen and oxygen atoms in total. The average Bonchev–Trinajstić information content (AvgIpc) is 3.40. The smallest absolute Gasteiger partial charge is 0.225 e. The minimum absolute atomic E-state index is 0.0430. The predicted octanol–water partition coefficient (Wildman–Crippen LogP) is 3.71. The van der Waals surface area contributed by atoms with Crippen LogP contribution in [0.1, 0.15) is 49.7 Å². The number of carbonyl (C=O) groups excluding carboxylic acids is 1. The van der Waals surface area contributed by atoms with Crippen LogP contribution >= 0.6 is 0 Å². The Morgan fingerprint density at radius 1 is 1.15 bits per heavy atom. The molecule has 2 aliphatic carbocycles. The summed E-state index contributed by atoms with van der Waals surface area (Å²) in [6.45, 7) is 1.48. The number of hydrogen-bond donors (Lipinski definition) is 2. The molecule has 3 N–H and O–H groups in total. The molecule has 3 aliphatic rings. The summed E-state index contributed by atoms with van der Waals surface area (Å²) in [6, 6.07) is 8.33. The van der Waals surface area contributed by atoms with Crippen molar-refractivity contribution in [3.05, 3.63) is 47.3 Å². The van der Waals surface area contributed by atoms with Gasteiger partial charge in [0.2, 0.25) is 5.91 Å². The highest BCUT2D eigenvalue weighted by molar-refractivity contribution is 5.81. The van der Waals surface area contributed by atoms with Crippen molar-refractivity contribution in [2.45, 2.75) is 55.8 Å². The Morgan fingerprint density at radius 3 is 2.54 bits per heavy atom. The fraction of sp³-hybridized carbons (Fsp3) is 0.567. The van der Waals surface area contributed by atoms with Gasteiger partial charge in [0.1, 0.15) is 28.5 Å². The summed E-state index contributed by atoms with van der Waals surface area (Å²) in [4.78, 5) is 15.3. The Kier molecular flexibility index (Phi) is 7.88. The topological polar surface area (TPSA) is 103 Å². The number of methoxy groups -OCH3 is 3. The van der Waals surface area contributed by atoms with Gasteiger partial charge in [0, 0.05) is 49.4 Å². The average molecular weight is 543 g/mol. The Balaban J connectivity index is 1.58. The van der Waals surface area contributed by atoms with E-state index in [0.29, 0.717) is 66.2 Å². The molecule has 212 valence electrons. The number of aliphatic hydroxyl groups is 1. The first-order valence-electron chi connectivity index (χ1n) is 13.7. The Morgan fingerprint density at radius 2 is 1.90 bits per heavy atom. The lowest BCUT2D eigenvalue weighted by molar-refractivity contribution is -0.255. The van der Waals surface area contributed by atoms with Gasteiger partial charge in [0.25, 0.3) is 0 Å². The number of fused-ring (bicyclic) bond motifs is 2. The lowest BCUT2D eigenvalue weighted by Gasteiger charge is -2.60. The van der Waals surface area contributed by atoms with E-state index in [1.54, 1.807) is 31.4 Å². The first-order chi connectivity index (χ1) is 18.8. The fourth-order valence-corrected chi connectivity index (χ4v) is 6.72. The molecule has 5 rings (SSSR count). The molecule has 2 aromatic carbocycles. The maximum atomic E-state index is 15.7. The van der Waals surface area contributed by atoms with Crippen LogP contribution in [-0.2, 0) is 25.5 Å². The number of morpholine rings is 1. The number of carbonyl (C=O) groups is 1. The molecule has 2 aromatic rings. The third kappa shape index (κ3) is 4.69. The van der Waals surface area contributed by atoms with E-state index in [1.165, 1.54) is 20.3 Å². The van der Waals surface area contributed by atoms with Crippen LogP contribution in [0.4, 0.5) is 4.39 Å². The number of nitrogens with two attached hydrogens (primary N) is 1. The maximum absolute atomic E-state index is 15.7. The number of unbranched alkanes of at least 4 members (excludes halogenated alkanes) is 1. The standard InChI is InChI=1S/C30H39FN2O6/c1-36-12-5-4-10-29(35)27-24(8-9-25(31)26(27)20-15-22(37-2)17-23(16-20)38-3)30(29)18-33(11-13-39-30)28(34)19-6-7-21(32)14-19/h8-9,15-17,19,21,35H,4-7,10-14,18,32H2,1-3H3/t19-,21+,29-,30?/m1/s1. The van der Waals surface area contributed by atoms with Gasteiger partial charge < -0.3 is 34.7 Å². The molecular formula is C30H39FN2O6. The molecule has 0 aromatic heterocycles. The number of halogens is 1. The van der Waals surface area contributed by atoms with E-state index < -0.39 is 17.0 Å². The van der Waals surface area contributed by atoms with Gasteiger partial charge in [0.05, 0.1) is 27.4 Å². The molecule has 1 spiro atoms. The molecule has 1 amide bonds. The van der Waals surface area contributed by atoms with Crippen LogP contribution in [0.3, 0.4) is 0 Å². The molecule has 1 aliphatic heterocycles. The van der Waals surface area contributed by atoms with Gasteiger partial charge in [-0.3, -0.25) is 4.79 Å². The maximum Gasteiger partial charge on any atom is 0.225 e. The summed E-state index contributed by atoms with van der Waals surface area (Å²) in [5.74, 6) is 0.509. The van der Waals surface area contributed by atoms with E-state index in [4.69, 9.17) is 24.7 Å². The highest BCUT2D eigenvalue weighted by Gasteiger charge is 2.66. The van der Waals surface area contributed by atoms with E-state index in [2.05, 4.69) is 0 Å². The highest BCUT2D eigenvalue weighted by atomic mass is 19.1. The van der Waals surface area contributed by atoms with Crippen LogP contribution in [0.25, 0.3) is 11.1 Å². The number of hydrogen-bond acceptors (Lipinski definition) is 7. The number of amides is 1. The molecule has 9 heteroatoms. The van der Waals surface area contributed by atoms with E-state index >= 15 is 4.39 Å². The summed E-state index contributed by atoms with van der Waals surface area (Å²) in [5.41, 5.74) is 5.44. The third-order valence-corrected chi connectivity index (χ3v) is 8.71. The second-order valence-electron chi connectivity index (χ2n) is 11.0. The summed E-state index contributed by atoms with van der Waals surface area (Å²) in [5, 5.41) is 12.5. The lowest BCUT2D eigenvalue weighted by Crippen LogP contribution is -2.68. The lowest BCUT2D eigenvalue weighted by atomic mass is 9.56. The molecule has 1 saturated heterocycles. The van der Waals surface area contributed by atoms with Crippen LogP contribution in [0, 0.1) is 11.7 Å². The van der Waals surface area contributed by atoms with Crippen molar-refractivity contribution in [3.8, 4) is 22.6 Å². The molecule has 2 fully saturated rings. The predicted molar refractivity (Wildman–Crippen MR) is 144 cm³/mol. The van der Waals surface area contributed by atoms with Crippen LogP contribution < -0.4 is 15.2 Å². The van der Waals surface area contributed by atoms with Gasteiger partial charge in [-0.2, -0.15) is 0 Å². The number of nitrogens with zero attached hydrogens (tertiary/aromatic N) is 1. The normalized spacial score (nSPS) is 27.8. The van der Waals surface area contributed by atoms with Crippen molar-refractivity contribution in [2.75, 3.05) is 47.6 Å². The highest BCUT2D eigenvalue weighted by Crippen LogP contribution is 2.62. The van der Waals surface area contributed by atoms with E-state index in [0.717, 1.165) is 19.3 Å². The Labute approximate surface area is 229 Å².